The third kappa shape index (κ3) is 4.85. The molecule has 0 saturated heterocycles. The van der Waals surface area contributed by atoms with Crippen molar-refractivity contribution < 1.29 is 5.11 Å². The van der Waals surface area contributed by atoms with Crippen molar-refractivity contribution in [2.45, 2.75) is 25.9 Å². The SMILES string of the molecule is CCNC(=NCC(C)(O)c1cnn(C)c1)NCCc1nc2ccccc2[nH]1. The first-order valence-electron chi connectivity index (χ1n) is 9.15. The average molecular weight is 369 g/mol. The molecule has 27 heavy (non-hydrogen) atoms. The van der Waals surface area contributed by atoms with Gasteiger partial charge >= 0.3 is 0 Å². The van der Waals surface area contributed by atoms with Crippen LogP contribution in [0.15, 0.2) is 41.7 Å². The van der Waals surface area contributed by atoms with Gasteiger partial charge in [-0.1, -0.05) is 12.1 Å². The van der Waals surface area contributed by atoms with Crippen LogP contribution in [0.3, 0.4) is 0 Å². The molecular formula is C19H27N7O. The molecule has 3 aromatic rings. The van der Waals surface area contributed by atoms with Crippen LogP contribution < -0.4 is 10.6 Å². The Balaban J connectivity index is 1.58. The van der Waals surface area contributed by atoms with Gasteiger partial charge in [-0.3, -0.25) is 4.68 Å². The van der Waals surface area contributed by atoms with Crippen molar-refractivity contribution >= 4 is 17.0 Å². The van der Waals surface area contributed by atoms with E-state index < -0.39 is 5.60 Å². The summed E-state index contributed by atoms with van der Waals surface area (Å²) < 4.78 is 1.67. The second-order valence-corrected chi connectivity index (χ2v) is 6.75. The molecule has 0 amide bonds. The number of aliphatic imine (C=N–C) groups is 1. The van der Waals surface area contributed by atoms with Crippen LogP contribution in [0.5, 0.6) is 0 Å². The van der Waals surface area contributed by atoms with Gasteiger partial charge in [-0.15, -0.1) is 0 Å². The molecule has 144 valence electrons. The maximum atomic E-state index is 10.7. The van der Waals surface area contributed by atoms with Gasteiger partial charge in [0.25, 0.3) is 0 Å². The van der Waals surface area contributed by atoms with Crippen LogP contribution in [0.25, 0.3) is 11.0 Å². The Morgan fingerprint density at radius 2 is 2.15 bits per heavy atom. The summed E-state index contributed by atoms with van der Waals surface area (Å²) in [5.74, 6) is 1.60. The van der Waals surface area contributed by atoms with E-state index in [1.165, 1.54) is 0 Å². The lowest BCUT2D eigenvalue weighted by atomic mass is 10.0. The number of aromatic nitrogens is 4. The molecule has 2 heterocycles. The number of rotatable bonds is 7. The molecule has 0 bridgehead atoms. The van der Waals surface area contributed by atoms with Crippen LogP contribution in [0.2, 0.25) is 0 Å². The van der Waals surface area contributed by atoms with E-state index in [0.29, 0.717) is 12.5 Å². The molecule has 1 aromatic carbocycles. The van der Waals surface area contributed by atoms with Gasteiger partial charge < -0.3 is 20.7 Å². The Kier molecular flexibility index (Phi) is 5.75. The van der Waals surface area contributed by atoms with Gasteiger partial charge in [0.15, 0.2) is 5.96 Å². The summed E-state index contributed by atoms with van der Waals surface area (Å²) in [6.45, 7) is 5.41. The van der Waals surface area contributed by atoms with E-state index in [2.05, 4.69) is 30.7 Å². The van der Waals surface area contributed by atoms with Gasteiger partial charge in [-0.2, -0.15) is 5.10 Å². The number of fused-ring (bicyclic) bond motifs is 1. The monoisotopic (exact) mass is 369 g/mol. The second kappa shape index (κ2) is 8.22. The first-order valence-corrected chi connectivity index (χ1v) is 9.15. The number of guanidine groups is 1. The molecule has 2 aromatic heterocycles. The normalized spacial score (nSPS) is 14.3. The Hall–Kier alpha value is -2.87. The van der Waals surface area contributed by atoms with E-state index in [-0.39, 0.29) is 6.54 Å². The van der Waals surface area contributed by atoms with Gasteiger partial charge in [0.05, 0.1) is 23.8 Å². The number of aromatic amines is 1. The summed E-state index contributed by atoms with van der Waals surface area (Å²) in [6.07, 6.45) is 4.22. The zero-order chi connectivity index (χ0) is 19.3. The van der Waals surface area contributed by atoms with Crippen molar-refractivity contribution in [3.63, 3.8) is 0 Å². The second-order valence-electron chi connectivity index (χ2n) is 6.75. The Morgan fingerprint density at radius 1 is 1.33 bits per heavy atom. The van der Waals surface area contributed by atoms with Crippen LogP contribution in [0, 0.1) is 0 Å². The highest BCUT2D eigenvalue weighted by atomic mass is 16.3. The Morgan fingerprint density at radius 3 is 2.85 bits per heavy atom. The minimum Gasteiger partial charge on any atom is -0.383 e. The fraction of sp³-hybridized carbons (Fsp3) is 0.421. The summed E-state index contributed by atoms with van der Waals surface area (Å²) in [7, 11) is 1.83. The van der Waals surface area contributed by atoms with Crippen LogP contribution in [-0.4, -0.2) is 50.4 Å². The van der Waals surface area contributed by atoms with E-state index in [1.807, 2.05) is 38.2 Å². The van der Waals surface area contributed by atoms with Crippen molar-refractivity contribution in [1.82, 2.24) is 30.4 Å². The fourth-order valence-electron chi connectivity index (χ4n) is 2.79. The van der Waals surface area contributed by atoms with Crippen molar-refractivity contribution in [2.24, 2.45) is 12.0 Å². The van der Waals surface area contributed by atoms with E-state index in [9.17, 15) is 5.11 Å². The van der Waals surface area contributed by atoms with Crippen LogP contribution in [0.1, 0.15) is 25.2 Å². The molecule has 8 heteroatoms. The lowest BCUT2D eigenvalue weighted by molar-refractivity contribution is 0.0672. The molecule has 0 spiro atoms. The molecule has 0 saturated carbocycles. The smallest absolute Gasteiger partial charge is 0.191 e. The lowest BCUT2D eigenvalue weighted by Crippen LogP contribution is -2.39. The molecule has 0 fully saturated rings. The highest BCUT2D eigenvalue weighted by Gasteiger charge is 2.24. The highest BCUT2D eigenvalue weighted by molar-refractivity contribution is 5.79. The standard InChI is InChI=1S/C19H27N7O/c1-4-20-18(22-13-19(2,27)14-11-23-26(3)12-14)21-10-9-17-24-15-7-5-6-8-16(15)25-17/h5-8,11-12,27H,4,9-10,13H2,1-3H3,(H,24,25)(H2,20,21,22). The summed E-state index contributed by atoms with van der Waals surface area (Å²) in [6, 6.07) is 7.99. The van der Waals surface area contributed by atoms with Crippen molar-refractivity contribution in [2.75, 3.05) is 19.6 Å². The minimum atomic E-state index is -1.07. The molecule has 0 aliphatic carbocycles. The number of nitrogens with one attached hydrogen (secondary N) is 3. The molecule has 0 aliphatic rings. The molecule has 1 atom stereocenters. The highest BCUT2D eigenvalue weighted by Crippen LogP contribution is 2.19. The number of para-hydroxylation sites is 2. The van der Waals surface area contributed by atoms with E-state index >= 15 is 0 Å². The zero-order valence-corrected chi connectivity index (χ0v) is 16.0. The Bertz CT molecular complexity index is 877. The maximum absolute atomic E-state index is 10.7. The lowest BCUT2D eigenvalue weighted by Gasteiger charge is -2.20. The summed E-state index contributed by atoms with van der Waals surface area (Å²) >= 11 is 0. The van der Waals surface area contributed by atoms with Gasteiger partial charge in [-0.25, -0.2) is 9.98 Å². The quantitative estimate of drug-likeness (QED) is 0.371. The number of benzene rings is 1. The number of imidazole rings is 1. The Labute approximate surface area is 158 Å². The number of hydrogen-bond donors (Lipinski definition) is 4. The molecule has 3 rings (SSSR count). The van der Waals surface area contributed by atoms with E-state index in [0.717, 1.165) is 35.4 Å². The minimum absolute atomic E-state index is 0.235. The summed E-state index contributed by atoms with van der Waals surface area (Å²) in [5, 5.41) is 21.3. The number of aryl methyl sites for hydroxylation is 1. The predicted octanol–water partition coefficient (Wildman–Crippen LogP) is 1.30. The maximum Gasteiger partial charge on any atom is 0.191 e. The van der Waals surface area contributed by atoms with Crippen molar-refractivity contribution in [3.8, 4) is 0 Å². The third-order valence-electron chi connectivity index (χ3n) is 4.31. The van der Waals surface area contributed by atoms with Crippen molar-refractivity contribution in [3.05, 3.63) is 48.0 Å². The molecule has 1 unspecified atom stereocenters. The zero-order valence-electron chi connectivity index (χ0n) is 16.0. The average Bonchev–Trinajstić information content (AvgIpc) is 3.26. The largest absolute Gasteiger partial charge is 0.383 e. The number of hydrogen-bond acceptors (Lipinski definition) is 4. The summed E-state index contributed by atoms with van der Waals surface area (Å²) in [4.78, 5) is 12.4. The van der Waals surface area contributed by atoms with Crippen LogP contribution in [-0.2, 0) is 19.1 Å². The number of aliphatic hydroxyl groups is 1. The van der Waals surface area contributed by atoms with E-state index in [4.69, 9.17) is 0 Å². The third-order valence-corrected chi connectivity index (χ3v) is 4.31. The fourth-order valence-corrected chi connectivity index (χ4v) is 2.79. The van der Waals surface area contributed by atoms with Gasteiger partial charge in [0, 0.05) is 38.3 Å². The van der Waals surface area contributed by atoms with Gasteiger partial charge in [0.2, 0.25) is 0 Å². The van der Waals surface area contributed by atoms with Crippen LogP contribution >= 0.6 is 0 Å². The number of nitrogens with zero attached hydrogens (tertiary/aromatic N) is 4. The molecule has 4 N–H and O–H groups in total. The molecular weight excluding hydrogens is 342 g/mol. The van der Waals surface area contributed by atoms with Crippen molar-refractivity contribution in [1.29, 1.82) is 0 Å². The first kappa shape index (κ1) is 18.9. The molecule has 0 radical (unpaired) electrons. The molecule has 8 nitrogen and oxygen atoms in total. The number of H-pyrrole nitrogens is 1. The van der Waals surface area contributed by atoms with E-state index in [1.54, 1.807) is 24.0 Å². The van der Waals surface area contributed by atoms with Gasteiger partial charge in [-0.05, 0) is 26.0 Å². The topological polar surface area (TPSA) is 103 Å². The first-order chi connectivity index (χ1) is 13.0. The molecule has 0 aliphatic heterocycles. The summed E-state index contributed by atoms with van der Waals surface area (Å²) in [5.41, 5.74) is 1.68. The van der Waals surface area contributed by atoms with Gasteiger partial charge in [0.1, 0.15) is 11.4 Å². The van der Waals surface area contributed by atoms with Crippen LogP contribution in [0.4, 0.5) is 0 Å². The predicted molar refractivity (Wildman–Crippen MR) is 107 cm³/mol.